The van der Waals surface area contributed by atoms with Crippen LogP contribution in [0.25, 0.3) is 0 Å². The summed E-state index contributed by atoms with van der Waals surface area (Å²) in [5, 5.41) is 3.21. The minimum atomic E-state index is -0.331. The second-order valence-corrected chi connectivity index (χ2v) is 7.11. The van der Waals surface area contributed by atoms with Crippen molar-refractivity contribution in [1.29, 1.82) is 0 Å². The normalized spacial score (nSPS) is 12.7. The first-order chi connectivity index (χ1) is 14.6. The molecule has 0 bridgehead atoms. The number of carbonyl (C=O) groups is 2. The van der Waals surface area contributed by atoms with Gasteiger partial charge in [-0.25, -0.2) is 0 Å². The van der Waals surface area contributed by atoms with Crippen molar-refractivity contribution in [3.63, 3.8) is 0 Å². The van der Waals surface area contributed by atoms with Gasteiger partial charge in [-0.15, -0.1) is 0 Å². The van der Waals surface area contributed by atoms with E-state index in [4.69, 9.17) is 21.1 Å². The van der Waals surface area contributed by atoms with Gasteiger partial charge in [0.1, 0.15) is 11.5 Å². The van der Waals surface area contributed by atoms with Crippen molar-refractivity contribution in [2.75, 3.05) is 23.4 Å². The number of hydrogen-bond acceptors (Lipinski definition) is 4. The third-order valence-electron chi connectivity index (χ3n) is 4.57. The van der Waals surface area contributed by atoms with Gasteiger partial charge in [0.05, 0.1) is 17.3 Å². The predicted molar refractivity (Wildman–Crippen MR) is 115 cm³/mol. The molecule has 0 spiro atoms. The number of hydrogen-bond donors (Lipinski definition) is 1. The molecule has 6 nitrogen and oxygen atoms in total. The fourth-order valence-corrected chi connectivity index (χ4v) is 3.31. The Labute approximate surface area is 179 Å². The third-order valence-corrected chi connectivity index (χ3v) is 4.88. The number of halogens is 1. The molecule has 0 aromatic heterocycles. The fraction of sp³-hybridized carbons (Fsp3) is 0.130. The summed E-state index contributed by atoms with van der Waals surface area (Å²) in [5.41, 5.74) is 2.24. The number of benzene rings is 3. The van der Waals surface area contributed by atoms with E-state index in [1.54, 1.807) is 47.4 Å². The monoisotopic (exact) mass is 422 g/mol. The van der Waals surface area contributed by atoms with Crippen LogP contribution in [0.1, 0.15) is 5.56 Å². The molecule has 3 aromatic rings. The number of fused-ring (bicyclic) bond motifs is 1. The second-order valence-electron chi connectivity index (χ2n) is 6.70. The van der Waals surface area contributed by atoms with Crippen molar-refractivity contribution in [3.05, 3.63) is 83.4 Å². The number of carbonyl (C=O) groups excluding carboxylic acids is 2. The molecule has 0 radical (unpaired) electrons. The average Bonchev–Trinajstić information content (AvgIpc) is 2.76. The molecular formula is C23H19ClN2O4. The highest BCUT2D eigenvalue weighted by Gasteiger charge is 2.26. The molecule has 1 aliphatic rings. The zero-order valence-corrected chi connectivity index (χ0v) is 16.8. The summed E-state index contributed by atoms with van der Waals surface area (Å²) in [7, 11) is 0. The van der Waals surface area contributed by atoms with Crippen LogP contribution < -0.4 is 19.7 Å². The molecule has 0 aliphatic carbocycles. The van der Waals surface area contributed by atoms with E-state index in [1.165, 1.54) is 0 Å². The molecule has 0 atom stereocenters. The van der Waals surface area contributed by atoms with Gasteiger partial charge in [0.25, 0.3) is 11.8 Å². The first-order valence-electron chi connectivity index (χ1n) is 9.38. The SMILES string of the molecule is O=C(COc1ccccc1Cl)Nc1ccc2c(c1)OCC(=O)N2Cc1ccccc1. The van der Waals surface area contributed by atoms with Crippen molar-refractivity contribution < 1.29 is 19.1 Å². The van der Waals surface area contributed by atoms with Crippen LogP contribution in [0.4, 0.5) is 11.4 Å². The van der Waals surface area contributed by atoms with Crippen LogP contribution in [0.3, 0.4) is 0 Å². The lowest BCUT2D eigenvalue weighted by Crippen LogP contribution is -2.38. The molecule has 0 unspecified atom stereocenters. The maximum atomic E-state index is 12.4. The smallest absolute Gasteiger partial charge is 0.265 e. The standard InChI is InChI=1S/C23H19ClN2O4/c24-18-8-4-5-9-20(18)29-14-22(27)25-17-10-11-19-21(12-17)30-15-23(28)26(19)13-16-6-2-1-3-7-16/h1-12H,13-15H2,(H,25,27). The molecule has 1 heterocycles. The number of nitrogens with zero attached hydrogens (tertiary/aromatic N) is 1. The summed E-state index contributed by atoms with van der Waals surface area (Å²) >= 11 is 6.03. The van der Waals surface area contributed by atoms with Gasteiger partial charge >= 0.3 is 0 Å². The minimum Gasteiger partial charge on any atom is -0.482 e. The molecule has 3 aromatic carbocycles. The van der Waals surface area contributed by atoms with E-state index in [1.807, 2.05) is 30.3 Å². The van der Waals surface area contributed by atoms with Gasteiger partial charge in [-0.05, 0) is 29.8 Å². The van der Waals surface area contributed by atoms with Gasteiger partial charge in [-0.1, -0.05) is 54.1 Å². The highest BCUT2D eigenvalue weighted by molar-refractivity contribution is 6.32. The summed E-state index contributed by atoms with van der Waals surface area (Å²) in [4.78, 5) is 26.3. The molecule has 0 saturated carbocycles. The van der Waals surface area contributed by atoms with Gasteiger partial charge in [0, 0.05) is 11.8 Å². The van der Waals surface area contributed by atoms with Crippen molar-refractivity contribution in [2.24, 2.45) is 0 Å². The van der Waals surface area contributed by atoms with E-state index in [-0.39, 0.29) is 25.0 Å². The minimum absolute atomic E-state index is 0.0488. The Hall–Kier alpha value is -3.51. The first kappa shape index (κ1) is 19.8. The molecule has 2 amide bonds. The van der Waals surface area contributed by atoms with E-state index >= 15 is 0 Å². The Morgan fingerprint density at radius 2 is 1.83 bits per heavy atom. The summed E-state index contributed by atoms with van der Waals surface area (Å²) < 4.78 is 11.0. The van der Waals surface area contributed by atoms with Crippen LogP contribution in [0, 0.1) is 0 Å². The summed E-state index contributed by atoms with van der Waals surface area (Å²) in [5.74, 6) is 0.535. The summed E-state index contributed by atoms with van der Waals surface area (Å²) in [6.07, 6.45) is 0. The molecular weight excluding hydrogens is 404 g/mol. The maximum absolute atomic E-state index is 12.4. The lowest BCUT2D eigenvalue weighted by Gasteiger charge is -2.29. The van der Waals surface area contributed by atoms with Crippen LogP contribution in [-0.4, -0.2) is 25.0 Å². The molecule has 1 aliphatic heterocycles. The molecule has 0 fully saturated rings. The zero-order valence-electron chi connectivity index (χ0n) is 16.0. The third kappa shape index (κ3) is 4.55. The Kier molecular flexibility index (Phi) is 5.86. The largest absolute Gasteiger partial charge is 0.482 e. The van der Waals surface area contributed by atoms with Gasteiger partial charge in [-0.3, -0.25) is 9.59 Å². The van der Waals surface area contributed by atoms with Gasteiger partial charge in [0.2, 0.25) is 0 Å². The second kappa shape index (κ2) is 8.88. The number of anilines is 2. The molecule has 7 heteroatoms. The lowest BCUT2D eigenvalue weighted by atomic mass is 10.1. The zero-order chi connectivity index (χ0) is 20.9. The maximum Gasteiger partial charge on any atom is 0.265 e. The van der Waals surface area contributed by atoms with Crippen molar-refractivity contribution in [1.82, 2.24) is 0 Å². The molecule has 152 valence electrons. The van der Waals surface area contributed by atoms with Gasteiger partial charge < -0.3 is 19.7 Å². The van der Waals surface area contributed by atoms with Gasteiger partial charge in [-0.2, -0.15) is 0 Å². The first-order valence-corrected chi connectivity index (χ1v) is 9.76. The highest BCUT2D eigenvalue weighted by atomic mass is 35.5. The van der Waals surface area contributed by atoms with Crippen molar-refractivity contribution >= 4 is 34.8 Å². The van der Waals surface area contributed by atoms with Crippen LogP contribution in [0.15, 0.2) is 72.8 Å². The number of para-hydroxylation sites is 1. The highest BCUT2D eigenvalue weighted by Crippen LogP contribution is 2.35. The van der Waals surface area contributed by atoms with E-state index in [0.29, 0.717) is 34.4 Å². The Bertz CT molecular complexity index is 1070. The molecule has 0 saturated heterocycles. The number of amides is 2. The van der Waals surface area contributed by atoms with Crippen LogP contribution in [-0.2, 0) is 16.1 Å². The number of ether oxygens (including phenoxy) is 2. The van der Waals surface area contributed by atoms with E-state index < -0.39 is 0 Å². The molecule has 1 N–H and O–H groups in total. The van der Waals surface area contributed by atoms with Crippen molar-refractivity contribution in [3.8, 4) is 11.5 Å². The Morgan fingerprint density at radius 1 is 1.07 bits per heavy atom. The number of nitrogens with one attached hydrogen (secondary N) is 1. The van der Waals surface area contributed by atoms with Crippen LogP contribution in [0.2, 0.25) is 5.02 Å². The fourth-order valence-electron chi connectivity index (χ4n) is 3.12. The quantitative estimate of drug-likeness (QED) is 0.643. The predicted octanol–water partition coefficient (Wildman–Crippen LogP) is 4.28. The lowest BCUT2D eigenvalue weighted by molar-refractivity contribution is -0.121. The van der Waals surface area contributed by atoms with E-state index in [0.717, 1.165) is 5.56 Å². The Balaban J connectivity index is 1.43. The van der Waals surface area contributed by atoms with Crippen LogP contribution in [0.5, 0.6) is 11.5 Å². The summed E-state index contributed by atoms with van der Waals surface area (Å²) in [6, 6.07) is 21.9. The van der Waals surface area contributed by atoms with Crippen molar-refractivity contribution in [2.45, 2.75) is 6.54 Å². The number of rotatable bonds is 6. The topological polar surface area (TPSA) is 67.9 Å². The average molecular weight is 423 g/mol. The molecule has 30 heavy (non-hydrogen) atoms. The van der Waals surface area contributed by atoms with Gasteiger partial charge in [0.15, 0.2) is 13.2 Å². The van der Waals surface area contributed by atoms with E-state index in [9.17, 15) is 9.59 Å². The Morgan fingerprint density at radius 3 is 2.63 bits per heavy atom. The molecule has 4 rings (SSSR count). The van der Waals surface area contributed by atoms with E-state index in [2.05, 4.69) is 5.32 Å². The van der Waals surface area contributed by atoms with Crippen LogP contribution >= 0.6 is 11.6 Å². The summed E-state index contributed by atoms with van der Waals surface area (Å²) in [6.45, 7) is 0.223.